The molecule has 2 aromatic heterocycles. The van der Waals surface area contributed by atoms with Crippen LogP contribution in [-0.4, -0.2) is 31.7 Å². The Morgan fingerprint density at radius 3 is 2.89 bits per heavy atom. The lowest BCUT2D eigenvalue weighted by atomic mass is 10.1. The third-order valence-electron chi connectivity index (χ3n) is 2.88. The van der Waals surface area contributed by atoms with Gasteiger partial charge >= 0.3 is 0 Å². The zero-order chi connectivity index (χ0) is 12.8. The van der Waals surface area contributed by atoms with Gasteiger partial charge in [-0.3, -0.25) is 4.68 Å². The number of aryl methyl sites for hydroxylation is 1. The van der Waals surface area contributed by atoms with Crippen LogP contribution in [0.15, 0.2) is 18.6 Å². The Morgan fingerprint density at radius 2 is 2.28 bits per heavy atom. The summed E-state index contributed by atoms with van der Waals surface area (Å²) in [5, 5.41) is 18.5. The normalized spacial score (nSPS) is 12.8. The van der Waals surface area contributed by atoms with Crippen molar-refractivity contribution in [3.8, 4) is 0 Å². The van der Waals surface area contributed by atoms with Crippen LogP contribution in [-0.2, 0) is 13.0 Å². The molecule has 0 bridgehead atoms. The van der Waals surface area contributed by atoms with Gasteiger partial charge in [-0.2, -0.15) is 20.5 Å². The minimum absolute atomic E-state index is 0.193. The van der Waals surface area contributed by atoms with Gasteiger partial charge in [-0.25, -0.2) is 0 Å². The maximum absolute atomic E-state index is 4.29. The molecule has 0 aliphatic rings. The van der Waals surface area contributed by atoms with E-state index in [9.17, 15) is 0 Å². The molecule has 0 saturated heterocycles. The highest BCUT2D eigenvalue weighted by atomic mass is 15.3. The minimum atomic E-state index is 0.193. The minimum Gasteiger partial charge on any atom is -0.308 e. The number of rotatable bonds is 7. The van der Waals surface area contributed by atoms with Gasteiger partial charge in [-0.15, -0.1) is 0 Å². The van der Waals surface area contributed by atoms with Crippen LogP contribution in [0.5, 0.6) is 0 Å². The van der Waals surface area contributed by atoms with E-state index in [1.54, 1.807) is 6.20 Å². The van der Waals surface area contributed by atoms with E-state index in [1.807, 2.05) is 10.9 Å². The fourth-order valence-electron chi connectivity index (χ4n) is 1.90. The monoisotopic (exact) mass is 248 g/mol. The Morgan fingerprint density at radius 1 is 1.39 bits per heavy atom. The van der Waals surface area contributed by atoms with Crippen molar-refractivity contribution in [2.24, 2.45) is 0 Å². The lowest BCUT2D eigenvalue weighted by molar-refractivity contribution is 0.516. The topological polar surface area (TPSA) is 71.4 Å². The standard InChI is InChI=1S/C12H20N6/c1-3-5-13-11(12-8-14-17-16-12)6-10-7-15-18(4-2)9-10/h7-9,11,13H,3-6H2,1-2H3,(H,14,16,17). The summed E-state index contributed by atoms with van der Waals surface area (Å²) in [7, 11) is 0. The Hall–Kier alpha value is -1.69. The largest absolute Gasteiger partial charge is 0.308 e. The van der Waals surface area contributed by atoms with Crippen molar-refractivity contribution < 1.29 is 0 Å². The number of aromatic nitrogens is 5. The van der Waals surface area contributed by atoms with E-state index < -0.39 is 0 Å². The zero-order valence-electron chi connectivity index (χ0n) is 10.9. The van der Waals surface area contributed by atoms with Crippen LogP contribution in [0.4, 0.5) is 0 Å². The number of hydrogen-bond donors (Lipinski definition) is 2. The molecule has 2 rings (SSSR count). The summed E-state index contributed by atoms with van der Waals surface area (Å²) in [6.07, 6.45) is 7.76. The van der Waals surface area contributed by atoms with Gasteiger partial charge in [0.25, 0.3) is 0 Å². The molecule has 0 fully saturated rings. The highest BCUT2D eigenvalue weighted by molar-refractivity contribution is 5.11. The third kappa shape index (κ3) is 3.16. The molecule has 0 aliphatic heterocycles. The predicted molar refractivity (Wildman–Crippen MR) is 69.0 cm³/mol. The first-order valence-electron chi connectivity index (χ1n) is 6.43. The number of nitrogens with one attached hydrogen (secondary N) is 2. The van der Waals surface area contributed by atoms with Crippen LogP contribution < -0.4 is 5.32 Å². The Kier molecular flexibility index (Phi) is 4.46. The lowest BCUT2D eigenvalue weighted by Crippen LogP contribution is -2.24. The van der Waals surface area contributed by atoms with Crippen molar-refractivity contribution in [1.29, 1.82) is 0 Å². The second-order valence-corrected chi connectivity index (χ2v) is 4.31. The third-order valence-corrected chi connectivity index (χ3v) is 2.88. The Balaban J connectivity index is 2.04. The molecule has 6 heteroatoms. The summed E-state index contributed by atoms with van der Waals surface area (Å²) in [6, 6.07) is 0.193. The first kappa shape index (κ1) is 12.8. The smallest absolute Gasteiger partial charge is 0.0997 e. The van der Waals surface area contributed by atoms with Crippen molar-refractivity contribution >= 4 is 0 Å². The SMILES string of the molecule is CCCNC(Cc1cnn(CC)c1)c1cn[nH]n1. The average Bonchev–Trinajstić information content (AvgIpc) is 3.05. The molecule has 98 valence electrons. The Labute approximate surface area is 107 Å². The van der Waals surface area contributed by atoms with Crippen LogP contribution in [0.1, 0.15) is 37.6 Å². The second kappa shape index (κ2) is 6.30. The molecular weight excluding hydrogens is 228 g/mol. The van der Waals surface area contributed by atoms with Crippen molar-refractivity contribution in [3.05, 3.63) is 29.8 Å². The first-order valence-corrected chi connectivity index (χ1v) is 6.43. The molecule has 18 heavy (non-hydrogen) atoms. The van der Waals surface area contributed by atoms with Crippen molar-refractivity contribution in [2.45, 2.75) is 39.3 Å². The number of nitrogens with zero attached hydrogens (tertiary/aromatic N) is 4. The van der Waals surface area contributed by atoms with Crippen LogP contribution in [0.3, 0.4) is 0 Å². The van der Waals surface area contributed by atoms with E-state index in [0.717, 1.165) is 31.6 Å². The molecule has 0 spiro atoms. The highest BCUT2D eigenvalue weighted by Crippen LogP contribution is 2.15. The molecule has 6 nitrogen and oxygen atoms in total. The summed E-state index contributed by atoms with van der Waals surface area (Å²) in [4.78, 5) is 0. The first-order chi connectivity index (χ1) is 8.83. The van der Waals surface area contributed by atoms with E-state index >= 15 is 0 Å². The average molecular weight is 248 g/mol. The van der Waals surface area contributed by atoms with Gasteiger partial charge in [-0.05, 0) is 31.9 Å². The molecule has 1 unspecified atom stereocenters. The summed E-state index contributed by atoms with van der Waals surface area (Å²) in [5.74, 6) is 0. The molecular formula is C12H20N6. The molecule has 0 aromatic carbocycles. The zero-order valence-corrected chi connectivity index (χ0v) is 10.9. The quantitative estimate of drug-likeness (QED) is 0.775. The summed E-state index contributed by atoms with van der Waals surface area (Å²) in [5.41, 5.74) is 2.17. The fraction of sp³-hybridized carbons (Fsp3) is 0.583. The molecule has 0 aliphatic carbocycles. The van der Waals surface area contributed by atoms with E-state index in [1.165, 1.54) is 5.56 Å². The van der Waals surface area contributed by atoms with Crippen LogP contribution in [0, 0.1) is 0 Å². The predicted octanol–water partition coefficient (Wildman–Crippen LogP) is 1.30. The van der Waals surface area contributed by atoms with Gasteiger partial charge in [0.2, 0.25) is 0 Å². The summed E-state index contributed by atoms with van der Waals surface area (Å²) < 4.78 is 1.94. The number of aromatic amines is 1. The van der Waals surface area contributed by atoms with Gasteiger partial charge in [-0.1, -0.05) is 6.92 Å². The van der Waals surface area contributed by atoms with Crippen molar-refractivity contribution in [1.82, 2.24) is 30.5 Å². The maximum atomic E-state index is 4.29. The molecule has 1 atom stereocenters. The van der Waals surface area contributed by atoms with Gasteiger partial charge in [0.05, 0.1) is 24.1 Å². The molecule has 0 radical (unpaired) electrons. The van der Waals surface area contributed by atoms with Crippen LogP contribution >= 0.6 is 0 Å². The highest BCUT2D eigenvalue weighted by Gasteiger charge is 2.15. The Bertz CT molecular complexity index is 447. The molecule has 2 heterocycles. The maximum Gasteiger partial charge on any atom is 0.0997 e. The summed E-state index contributed by atoms with van der Waals surface area (Å²) in [6.45, 7) is 6.11. The molecule has 2 aromatic rings. The molecule has 2 N–H and O–H groups in total. The van der Waals surface area contributed by atoms with Crippen LogP contribution in [0.2, 0.25) is 0 Å². The fourth-order valence-corrected chi connectivity index (χ4v) is 1.90. The van der Waals surface area contributed by atoms with Gasteiger partial charge in [0.1, 0.15) is 0 Å². The van der Waals surface area contributed by atoms with E-state index in [2.05, 4.69) is 45.9 Å². The van der Waals surface area contributed by atoms with Gasteiger partial charge in [0.15, 0.2) is 0 Å². The van der Waals surface area contributed by atoms with Gasteiger partial charge < -0.3 is 5.32 Å². The van der Waals surface area contributed by atoms with Crippen LogP contribution in [0.25, 0.3) is 0 Å². The van der Waals surface area contributed by atoms with Crippen molar-refractivity contribution in [2.75, 3.05) is 6.54 Å². The van der Waals surface area contributed by atoms with Crippen molar-refractivity contribution in [3.63, 3.8) is 0 Å². The van der Waals surface area contributed by atoms with Gasteiger partial charge in [0, 0.05) is 12.7 Å². The summed E-state index contributed by atoms with van der Waals surface area (Å²) >= 11 is 0. The number of H-pyrrole nitrogens is 1. The molecule has 0 amide bonds. The van der Waals surface area contributed by atoms with E-state index in [-0.39, 0.29) is 6.04 Å². The lowest BCUT2D eigenvalue weighted by Gasteiger charge is -2.14. The number of hydrogen-bond acceptors (Lipinski definition) is 4. The van der Waals surface area contributed by atoms with E-state index in [0.29, 0.717) is 0 Å². The molecule has 0 saturated carbocycles. The van der Waals surface area contributed by atoms with E-state index in [4.69, 9.17) is 0 Å². The second-order valence-electron chi connectivity index (χ2n) is 4.31.